The maximum Gasteiger partial charge on any atom is 0.416 e. The Bertz CT molecular complexity index is 1400. The third-order valence-corrected chi connectivity index (χ3v) is 6.94. The van der Waals surface area contributed by atoms with E-state index in [-0.39, 0.29) is 23.5 Å². The van der Waals surface area contributed by atoms with Crippen molar-refractivity contribution in [1.29, 1.82) is 0 Å². The van der Waals surface area contributed by atoms with Crippen LogP contribution in [-0.2, 0) is 13.2 Å². The molecule has 1 saturated heterocycles. The zero-order valence-corrected chi connectivity index (χ0v) is 20.3. The molecular weight excluding hydrogens is 476 g/mol. The van der Waals surface area contributed by atoms with Crippen molar-refractivity contribution in [2.75, 3.05) is 18.0 Å². The normalized spacial score (nSPS) is 19.9. The van der Waals surface area contributed by atoms with Crippen LogP contribution in [0, 0.1) is 12.4 Å². The third kappa shape index (κ3) is 4.53. The van der Waals surface area contributed by atoms with Gasteiger partial charge in [-0.25, -0.2) is 9.18 Å². The van der Waals surface area contributed by atoms with Crippen LogP contribution in [0.15, 0.2) is 35.1 Å². The minimum absolute atomic E-state index is 0.123. The average molecular weight is 503 g/mol. The van der Waals surface area contributed by atoms with Gasteiger partial charge in [0.2, 0.25) is 5.52 Å². The van der Waals surface area contributed by atoms with Crippen LogP contribution in [0.1, 0.15) is 44.4 Å². The minimum atomic E-state index is -4.61. The molecule has 4 rings (SSSR count). The van der Waals surface area contributed by atoms with Crippen LogP contribution in [0.25, 0.3) is 15.9 Å². The molecular formula is C25H26F4N6O. The molecule has 36 heavy (non-hydrogen) atoms. The number of nitrogens with zero attached hydrogens (tertiary/aromatic N) is 6. The van der Waals surface area contributed by atoms with Crippen molar-refractivity contribution < 1.29 is 17.6 Å². The lowest BCUT2D eigenvalue weighted by molar-refractivity contribution is -0.137. The lowest BCUT2D eigenvalue weighted by atomic mass is 9.98. The largest absolute Gasteiger partial charge is 0.416 e. The highest BCUT2D eigenvalue weighted by Gasteiger charge is 2.37. The van der Waals surface area contributed by atoms with Crippen molar-refractivity contribution in [3.63, 3.8) is 0 Å². The third-order valence-electron chi connectivity index (χ3n) is 6.94. The molecule has 2 aromatic heterocycles. The predicted molar refractivity (Wildman–Crippen MR) is 128 cm³/mol. The summed E-state index contributed by atoms with van der Waals surface area (Å²) in [5.74, 6) is -0.309. The molecule has 1 fully saturated rings. The Morgan fingerprint density at radius 2 is 1.92 bits per heavy atom. The molecule has 7 nitrogen and oxygen atoms in total. The lowest BCUT2D eigenvalue weighted by Crippen LogP contribution is -2.58. The molecule has 0 amide bonds. The number of rotatable bonds is 4. The van der Waals surface area contributed by atoms with Crippen molar-refractivity contribution in [2.45, 2.75) is 51.5 Å². The van der Waals surface area contributed by atoms with E-state index in [9.17, 15) is 22.4 Å². The Morgan fingerprint density at radius 1 is 1.19 bits per heavy atom. The molecule has 1 aliphatic heterocycles. The van der Waals surface area contributed by atoms with E-state index in [2.05, 4.69) is 19.7 Å². The number of piperazine rings is 1. The lowest BCUT2D eigenvalue weighted by Gasteiger charge is -2.48. The molecule has 11 heteroatoms. The number of halogens is 4. The van der Waals surface area contributed by atoms with Gasteiger partial charge >= 0.3 is 11.9 Å². The number of aromatic nitrogens is 3. The highest BCUT2D eigenvalue weighted by molar-refractivity contribution is 5.87. The molecule has 3 heterocycles. The molecule has 0 spiro atoms. The summed E-state index contributed by atoms with van der Waals surface area (Å²) in [6, 6.07) is 5.14. The van der Waals surface area contributed by atoms with Crippen LogP contribution in [0.3, 0.4) is 0 Å². The van der Waals surface area contributed by atoms with Crippen LogP contribution in [0.4, 0.5) is 29.2 Å². The van der Waals surface area contributed by atoms with E-state index >= 15 is 0 Å². The number of fused-ring (bicyclic) bond motifs is 1. The molecule has 0 radical (unpaired) electrons. The van der Waals surface area contributed by atoms with E-state index in [4.69, 9.17) is 6.57 Å². The predicted octanol–water partition coefficient (Wildman–Crippen LogP) is 5.09. The molecule has 1 unspecified atom stereocenters. The first-order valence-corrected chi connectivity index (χ1v) is 11.6. The summed E-state index contributed by atoms with van der Waals surface area (Å²) in [4.78, 5) is 28.8. The van der Waals surface area contributed by atoms with Crippen molar-refractivity contribution in [2.24, 2.45) is 7.05 Å². The average Bonchev–Trinajstić information content (AvgIpc) is 2.84. The van der Waals surface area contributed by atoms with Gasteiger partial charge in [0, 0.05) is 43.8 Å². The second kappa shape index (κ2) is 9.50. The summed E-state index contributed by atoms with van der Waals surface area (Å²) < 4.78 is 55.1. The van der Waals surface area contributed by atoms with Gasteiger partial charge in [0.15, 0.2) is 5.82 Å². The SMILES string of the molecule is [C-]#[N+]c1ccc2c(n1)c(N1C[C@@H](C)N(C(C)c3ccc(C(F)(F)F)cc3F)C[C@@H]1CC)nc(=O)n2C. The fourth-order valence-electron chi connectivity index (χ4n) is 4.89. The van der Waals surface area contributed by atoms with Gasteiger partial charge in [0.1, 0.15) is 5.82 Å². The number of benzene rings is 1. The summed E-state index contributed by atoms with van der Waals surface area (Å²) in [5.41, 5.74) is -0.261. The van der Waals surface area contributed by atoms with Gasteiger partial charge in [-0.1, -0.05) is 19.6 Å². The van der Waals surface area contributed by atoms with Crippen LogP contribution in [0.2, 0.25) is 0 Å². The highest BCUT2D eigenvalue weighted by atomic mass is 19.4. The first-order chi connectivity index (χ1) is 17.0. The van der Waals surface area contributed by atoms with E-state index in [1.807, 2.05) is 18.7 Å². The van der Waals surface area contributed by atoms with Crippen molar-refractivity contribution in [3.8, 4) is 0 Å². The summed E-state index contributed by atoms with van der Waals surface area (Å²) in [6.07, 6.45) is -3.94. The molecule has 0 saturated carbocycles. The van der Waals surface area contributed by atoms with Gasteiger partial charge in [0.05, 0.1) is 11.1 Å². The molecule has 190 valence electrons. The van der Waals surface area contributed by atoms with Crippen molar-refractivity contribution in [1.82, 2.24) is 19.4 Å². The molecule has 0 bridgehead atoms. The number of pyridine rings is 1. The Labute approximate surface area is 205 Å². The molecule has 1 aliphatic rings. The van der Waals surface area contributed by atoms with E-state index in [0.29, 0.717) is 42.4 Å². The standard InChI is InChI=1S/C25H26F4N6O/c1-6-17-13-34(15(3)18-8-7-16(11-19(18)26)25(27,28)29)14(2)12-35(17)23-22-20(33(5)24(36)32-23)9-10-21(30-4)31-22/h7-11,14-15,17H,6,12-13H2,1-3,5H3/t14-,15?,17+/m1/s1. The second-order valence-corrected chi connectivity index (χ2v) is 9.10. The first-order valence-electron chi connectivity index (χ1n) is 11.6. The van der Waals surface area contributed by atoms with Crippen LogP contribution in [-0.4, -0.2) is 44.6 Å². The van der Waals surface area contributed by atoms with E-state index in [1.54, 1.807) is 26.1 Å². The second-order valence-electron chi connectivity index (χ2n) is 9.10. The van der Waals surface area contributed by atoms with E-state index in [1.165, 1.54) is 10.6 Å². The number of anilines is 1. The maximum atomic E-state index is 14.7. The Kier molecular flexibility index (Phi) is 6.75. The minimum Gasteiger partial charge on any atom is -0.361 e. The number of aryl methyl sites for hydroxylation is 1. The van der Waals surface area contributed by atoms with E-state index < -0.39 is 29.3 Å². The number of hydrogen-bond acceptors (Lipinski definition) is 5. The van der Waals surface area contributed by atoms with Gasteiger partial charge < -0.3 is 9.74 Å². The molecule has 1 aromatic carbocycles. The summed E-state index contributed by atoms with van der Waals surface area (Å²) in [6.45, 7) is 13.9. The fraction of sp³-hybridized carbons (Fsp3) is 0.440. The monoisotopic (exact) mass is 502 g/mol. The fourth-order valence-corrected chi connectivity index (χ4v) is 4.89. The van der Waals surface area contributed by atoms with Gasteiger partial charge in [-0.2, -0.15) is 18.2 Å². The van der Waals surface area contributed by atoms with Crippen LogP contribution < -0.4 is 10.6 Å². The zero-order valence-electron chi connectivity index (χ0n) is 20.3. The zero-order chi connectivity index (χ0) is 26.4. The van der Waals surface area contributed by atoms with Crippen LogP contribution in [0.5, 0.6) is 0 Å². The maximum absolute atomic E-state index is 14.7. The van der Waals surface area contributed by atoms with Crippen molar-refractivity contribution >= 4 is 22.7 Å². The van der Waals surface area contributed by atoms with Crippen LogP contribution >= 0.6 is 0 Å². The smallest absolute Gasteiger partial charge is 0.361 e. The molecule has 0 aliphatic carbocycles. The molecule has 3 aromatic rings. The Hall–Kier alpha value is -3.52. The van der Waals surface area contributed by atoms with Gasteiger partial charge in [-0.05, 0) is 44.5 Å². The Morgan fingerprint density at radius 3 is 2.53 bits per heavy atom. The van der Waals surface area contributed by atoms with Crippen molar-refractivity contribution in [3.05, 3.63) is 69.2 Å². The van der Waals surface area contributed by atoms with E-state index in [0.717, 1.165) is 6.07 Å². The summed E-state index contributed by atoms with van der Waals surface area (Å²) >= 11 is 0. The first kappa shape index (κ1) is 25.6. The Balaban J connectivity index is 1.70. The van der Waals surface area contributed by atoms with Gasteiger partial charge in [-0.3, -0.25) is 9.47 Å². The molecule has 3 atom stereocenters. The number of alkyl halides is 3. The van der Waals surface area contributed by atoms with Gasteiger partial charge in [0.25, 0.3) is 5.82 Å². The molecule has 0 N–H and O–H groups in total. The summed E-state index contributed by atoms with van der Waals surface area (Å²) in [7, 11) is 1.60. The highest BCUT2D eigenvalue weighted by Crippen LogP contribution is 2.36. The number of hydrogen-bond donors (Lipinski definition) is 0. The van der Waals surface area contributed by atoms with Gasteiger partial charge in [-0.15, -0.1) is 4.98 Å². The topological polar surface area (TPSA) is 58.6 Å². The summed E-state index contributed by atoms with van der Waals surface area (Å²) in [5, 5.41) is 0. The quantitative estimate of drug-likeness (QED) is 0.368.